The standard InChI is InChI=1S/C22H24ClN3OS/c1-15-9-10-16(23)13-19(15)24-20(27)14-28-21-17-7-3-4-8-18(17)25-22(26-21)11-5-2-6-12-22/h3-4,7-10,13,25H,2,5-6,11-12,14H2,1H3,(H,24,27). The number of para-hydroxylation sites is 1. The fraction of sp³-hybridized carbons (Fsp3) is 0.364. The van der Waals surface area contributed by atoms with Crippen molar-refractivity contribution >= 4 is 45.7 Å². The molecule has 2 aliphatic rings. The van der Waals surface area contributed by atoms with Crippen molar-refractivity contribution in [2.24, 2.45) is 4.99 Å². The van der Waals surface area contributed by atoms with Gasteiger partial charge in [0.15, 0.2) is 0 Å². The molecule has 0 radical (unpaired) electrons. The Hall–Kier alpha value is -1.98. The molecule has 2 aromatic rings. The highest BCUT2D eigenvalue weighted by molar-refractivity contribution is 8.15. The maximum absolute atomic E-state index is 12.6. The Morgan fingerprint density at radius 3 is 2.82 bits per heavy atom. The maximum Gasteiger partial charge on any atom is 0.234 e. The molecule has 4 nitrogen and oxygen atoms in total. The number of anilines is 2. The van der Waals surface area contributed by atoms with Gasteiger partial charge in [0.1, 0.15) is 10.7 Å². The van der Waals surface area contributed by atoms with Crippen LogP contribution in [0.5, 0.6) is 0 Å². The number of aryl methyl sites for hydroxylation is 1. The summed E-state index contributed by atoms with van der Waals surface area (Å²) < 4.78 is 0. The number of hydrogen-bond donors (Lipinski definition) is 2. The summed E-state index contributed by atoms with van der Waals surface area (Å²) in [5.74, 6) is 0.265. The average Bonchev–Trinajstić information content (AvgIpc) is 2.69. The number of nitrogens with zero attached hydrogens (tertiary/aromatic N) is 1. The highest BCUT2D eigenvalue weighted by atomic mass is 35.5. The number of carbonyl (C=O) groups excluding carboxylic acids is 1. The zero-order chi connectivity index (χ0) is 19.6. The first kappa shape index (κ1) is 19.3. The van der Waals surface area contributed by atoms with Crippen LogP contribution in [0.25, 0.3) is 0 Å². The Labute approximate surface area is 175 Å². The SMILES string of the molecule is Cc1ccc(Cl)cc1NC(=O)CSC1=NC2(CCCCC2)Nc2ccccc21. The number of halogens is 1. The van der Waals surface area contributed by atoms with Gasteiger partial charge in [-0.1, -0.05) is 54.0 Å². The van der Waals surface area contributed by atoms with Crippen molar-refractivity contribution in [1.29, 1.82) is 0 Å². The highest BCUT2D eigenvalue weighted by Gasteiger charge is 2.36. The van der Waals surface area contributed by atoms with E-state index in [4.69, 9.17) is 16.6 Å². The number of aliphatic imine (C=N–C) groups is 1. The molecule has 1 saturated carbocycles. The summed E-state index contributed by atoms with van der Waals surface area (Å²) in [5, 5.41) is 8.21. The van der Waals surface area contributed by atoms with Crippen LogP contribution in [0.2, 0.25) is 5.02 Å². The van der Waals surface area contributed by atoms with Crippen LogP contribution >= 0.6 is 23.4 Å². The molecule has 6 heteroatoms. The van der Waals surface area contributed by atoms with Crippen LogP contribution in [-0.2, 0) is 4.79 Å². The smallest absolute Gasteiger partial charge is 0.234 e. The van der Waals surface area contributed by atoms with Crippen LogP contribution in [0.15, 0.2) is 47.5 Å². The molecule has 2 aromatic carbocycles. The van der Waals surface area contributed by atoms with Gasteiger partial charge in [-0.05, 0) is 56.4 Å². The van der Waals surface area contributed by atoms with E-state index in [0.717, 1.165) is 40.4 Å². The number of rotatable bonds is 3. The molecular formula is C22H24ClN3OS. The Morgan fingerprint density at radius 2 is 2.00 bits per heavy atom. The maximum atomic E-state index is 12.6. The van der Waals surface area contributed by atoms with Gasteiger partial charge in [-0.3, -0.25) is 4.79 Å². The Kier molecular flexibility index (Phi) is 5.65. The largest absolute Gasteiger partial charge is 0.361 e. The first-order valence-electron chi connectivity index (χ1n) is 9.71. The zero-order valence-corrected chi connectivity index (χ0v) is 17.5. The van der Waals surface area contributed by atoms with E-state index in [1.54, 1.807) is 6.07 Å². The second-order valence-corrected chi connectivity index (χ2v) is 8.88. The number of carbonyl (C=O) groups is 1. The normalized spacial score (nSPS) is 17.4. The molecule has 0 bridgehead atoms. The zero-order valence-electron chi connectivity index (χ0n) is 15.9. The topological polar surface area (TPSA) is 53.5 Å². The number of amides is 1. The average molecular weight is 414 g/mol. The minimum absolute atomic E-state index is 0.0493. The van der Waals surface area contributed by atoms with Gasteiger partial charge < -0.3 is 10.6 Å². The number of hydrogen-bond acceptors (Lipinski definition) is 4. The van der Waals surface area contributed by atoms with Crippen molar-refractivity contribution < 1.29 is 4.79 Å². The van der Waals surface area contributed by atoms with Gasteiger partial charge in [0.25, 0.3) is 0 Å². The third-order valence-electron chi connectivity index (χ3n) is 5.33. The summed E-state index contributed by atoms with van der Waals surface area (Å²) in [6.07, 6.45) is 5.72. The van der Waals surface area contributed by atoms with E-state index in [2.05, 4.69) is 22.8 Å². The molecule has 1 amide bonds. The molecule has 28 heavy (non-hydrogen) atoms. The summed E-state index contributed by atoms with van der Waals surface area (Å²) in [6.45, 7) is 1.96. The van der Waals surface area contributed by atoms with Crippen molar-refractivity contribution in [3.63, 3.8) is 0 Å². The number of fused-ring (bicyclic) bond motifs is 1. The lowest BCUT2D eigenvalue weighted by molar-refractivity contribution is -0.113. The lowest BCUT2D eigenvalue weighted by Gasteiger charge is -2.39. The summed E-state index contributed by atoms with van der Waals surface area (Å²) in [5.41, 5.74) is 3.74. The van der Waals surface area contributed by atoms with Gasteiger partial charge in [-0.2, -0.15) is 0 Å². The molecule has 1 spiro atoms. The number of benzene rings is 2. The number of thioether (sulfide) groups is 1. The van der Waals surface area contributed by atoms with E-state index < -0.39 is 0 Å². The third kappa shape index (κ3) is 4.20. The molecule has 0 atom stereocenters. The lowest BCUT2D eigenvalue weighted by atomic mass is 9.88. The van der Waals surface area contributed by atoms with Crippen LogP contribution in [0, 0.1) is 6.92 Å². The van der Waals surface area contributed by atoms with E-state index in [-0.39, 0.29) is 11.6 Å². The molecule has 1 fully saturated rings. The van der Waals surface area contributed by atoms with Gasteiger partial charge in [-0.15, -0.1) is 0 Å². The van der Waals surface area contributed by atoms with Crippen molar-refractivity contribution in [2.75, 3.05) is 16.4 Å². The summed E-state index contributed by atoms with van der Waals surface area (Å²) in [4.78, 5) is 17.6. The first-order valence-corrected chi connectivity index (χ1v) is 11.1. The van der Waals surface area contributed by atoms with Gasteiger partial charge in [0.2, 0.25) is 5.91 Å². The Morgan fingerprint density at radius 1 is 1.21 bits per heavy atom. The molecule has 1 heterocycles. The predicted octanol–water partition coefficient (Wildman–Crippen LogP) is 5.85. The highest BCUT2D eigenvalue weighted by Crippen LogP contribution is 2.39. The number of nitrogens with one attached hydrogen (secondary N) is 2. The summed E-state index contributed by atoms with van der Waals surface area (Å²) in [6, 6.07) is 13.8. The van der Waals surface area contributed by atoms with Crippen molar-refractivity contribution in [3.8, 4) is 0 Å². The molecule has 146 valence electrons. The van der Waals surface area contributed by atoms with Gasteiger partial charge in [0, 0.05) is 22.0 Å². The molecule has 1 aliphatic carbocycles. The van der Waals surface area contributed by atoms with E-state index in [9.17, 15) is 4.79 Å². The molecule has 0 saturated heterocycles. The van der Waals surface area contributed by atoms with Crippen molar-refractivity contribution in [2.45, 2.75) is 44.7 Å². The second kappa shape index (κ2) is 8.18. The molecule has 4 rings (SSSR count). The second-order valence-electron chi connectivity index (χ2n) is 7.48. The summed E-state index contributed by atoms with van der Waals surface area (Å²) >= 11 is 7.57. The lowest BCUT2D eigenvalue weighted by Crippen LogP contribution is -2.42. The summed E-state index contributed by atoms with van der Waals surface area (Å²) in [7, 11) is 0. The third-order valence-corrected chi connectivity index (χ3v) is 6.56. The van der Waals surface area contributed by atoms with E-state index >= 15 is 0 Å². The van der Waals surface area contributed by atoms with Gasteiger partial charge >= 0.3 is 0 Å². The van der Waals surface area contributed by atoms with E-state index in [1.807, 2.05) is 31.2 Å². The predicted molar refractivity (Wildman–Crippen MR) is 120 cm³/mol. The monoisotopic (exact) mass is 413 g/mol. The Bertz CT molecular complexity index is 922. The fourth-order valence-corrected chi connectivity index (χ4v) is 4.93. The van der Waals surface area contributed by atoms with Crippen LogP contribution < -0.4 is 10.6 Å². The van der Waals surface area contributed by atoms with Crippen LogP contribution in [0.1, 0.15) is 43.2 Å². The van der Waals surface area contributed by atoms with Crippen molar-refractivity contribution in [3.05, 3.63) is 58.6 Å². The molecule has 2 N–H and O–H groups in total. The molecule has 0 aromatic heterocycles. The quantitative estimate of drug-likeness (QED) is 0.663. The minimum Gasteiger partial charge on any atom is -0.361 e. The molecule has 0 unspecified atom stereocenters. The van der Waals surface area contributed by atoms with Gasteiger partial charge in [-0.25, -0.2) is 4.99 Å². The van der Waals surface area contributed by atoms with Crippen LogP contribution in [0.4, 0.5) is 11.4 Å². The first-order chi connectivity index (χ1) is 13.5. The van der Waals surface area contributed by atoms with Crippen LogP contribution in [0.3, 0.4) is 0 Å². The van der Waals surface area contributed by atoms with Crippen molar-refractivity contribution in [1.82, 2.24) is 0 Å². The van der Waals surface area contributed by atoms with E-state index in [1.165, 1.54) is 31.0 Å². The van der Waals surface area contributed by atoms with E-state index in [0.29, 0.717) is 10.8 Å². The minimum atomic E-state index is -0.213. The fourth-order valence-electron chi connectivity index (χ4n) is 3.84. The Balaban J connectivity index is 1.50. The molecule has 1 aliphatic heterocycles. The van der Waals surface area contributed by atoms with Crippen LogP contribution in [-0.4, -0.2) is 22.4 Å². The van der Waals surface area contributed by atoms with Gasteiger partial charge in [0.05, 0.1) is 5.75 Å². The molecular weight excluding hydrogens is 390 g/mol.